The van der Waals surface area contributed by atoms with Crippen LogP contribution in [0.1, 0.15) is 46.5 Å². The van der Waals surface area contributed by atoms with Gasteiger partial charge in [-0.1, -0.05) is 0 Å². The molecular formula is C13H25NO3. The maximum atomic E-state index is 11.0. The van der Waals surface area contributed by atoms with Crippen molar-refractivity contribution in [2.75, 3.05) is 13.7 Å². The van der Waals surface area contributed by atoms with E-state index in [1.807, 2.05) is 0 Å². The average molecular weight is 243 g/mol. The van der Waals surface area contributed by atoms with E-state index in [9.17, 15) is 4.79 Å². The first-order valence-corrected chi connectivity index (χ1v) is 6.36. The Bertz CT molecular complexity index is 260. The summed E-state index contributed by atoms with van der Waals surface area (Å²) in [6.07, 6.45) is 4.52. The molecule has 1 rings (SSSR count). The van der Waals surface area contributed by atoms with Gasteiger partial charge in [-0.15, -0.1) is 0 Å². The van der Waals surface area contributed by atoms with Crippen LogP contribution in [-0.4, -0.2) is 47.3 Å². The first-order chi connectivity index (χ1) is 7.84. The minimum Gasteiger partial charge on any atom is -0.480 e. The van der Waals surface area contributed by atoms with Crippen LogP contribution < -0.4 is 0 Å². The Kier molecular flexibility index (Phi) is 4.95. The largest absolute Gasteiger partial charge is 0.480 e. The van der Waals surface area contributed by atoms with Crippen molar-refractivity contribution in [1.29, 1.82) is 0 Å². The van der Waals surface area contributed by atoms with Crippen molar-refractivity contribution in [2.24, 2.45) is 0 Å². The van der Waals surface area contributed by atoms with Gasteiger partial charge in [0, 0.05) is 18.7 Å². The fourth-order valence-electron chi connectivity index (χ4n) is 2.68. The van der Waals surface area contributed by atoms with E-state index >= 15 is 0 Å². The fourth-order valence-corrected chi connectivity index (χ4v) is 2.68. The molecule has 0 aromatic heterocycles. The van der Waals surface area contributed by atoms with Gasteiger partial charge in [-0.05, 0) is 46.5 Å². The summed E-state index contributed by atoms with van der Waals surface area (Å²) in [6, 6.07) is 0.324. The van der Waals surface area contributed by atoms with Crippen LogP contribution in [0, 0.1) is 0 Å². The predicted molar refractivity (Wildman–Crippen MR) is 67.1 cm³/mol. The minimum atomic E-state index is -0.750. The topological polar surface area (TPSA) is 49.8 Å². The maximum absolute atomic E-state index is 11.0. The fraction of sp³-hybridized carbons (Fsp3) is 0.923. The first kappa shape index (κ1) is 14.5. The molecule has 100 valence electrons. The van der Waals surface area contributed by atoms with Gasteiger partial charge < -0.3 is 9.84 Å². The van der Waals surface area contributed by atoms with Crippen molar-refractivity contribution in [3.8, 4) is 0 Å². The average Bonchev–Trinajstić information content (AvgIpc) is 2.24. The summed E-state index contributed by atoms with van der Waals surface area (Å²) in [6.45, 7) is 6.34. The molecule has 0 aromatic rings. The molecule has 1 N–H and O–H groups in total. The lowest BCUT2D eigenvalue weighted by atomic mass is 9.89. The Morgan fingerprint density at radius 1 is 1.41 bits per heavy atom. The number of rotatable bonds is 4. The summed E-state index contributed by atoms with van der Waals surface area (Å²) in [7, 11) is 1.74. The van der Waals surface area contributed by atoms with Gasteiger partial charge in [0.05, 0.1) is 12.6 Å². The second kappa shape index (κ2) is 5.83. The second-order valence-corrected chi connectivity index (χ2v) is 5.87. The highest BCUT2D eigenvalue weighted by molar-refractivity contribution is 5.69. The normalized spacial score (nSPS) is 26.2. The highest BCUT2D eigenvalue weighted by Gasteiger charge is 2.33. The molecule has 17 heavy (non-hydrogen) atoms. The smallest absolute Gasteiger partial charge is 0.317 e. The van der Waals surface area contributed by atoms with Gasteiger partial charge in [-0.3, -0.25) is 9.69 Å². The van der Waals surface area contributed by atoms with Crippen molar-refractivity contribution < 1.29 is 14.6 Å². The van der Waals surface area contributed by atoms with Crippen LogP contribution in [0.15, 0.2) is 0 Å². The lowest BCUT2D eigenvalue weighted by Gasteiger charge is -2.43. The van der Waals surface area contributed by atoms with Crippen molar-refractivity contribution in [3.63, 3.8) is 0 Å². The van der Waals surface area contributed by atoms with E-state index in [1.165, 1.54) is 0 Å². The van der Waals surface area contributed by atoms with E-state index in [-0.39, 0.29) is 18.2 Å². The van der Waals surface area contributed by atoms with E-state index in [2.05, 4.69) is 25.7 Å². The molecule has 4 heteroatoms. The molecule has 0 saturated heterocycles. The van der Waals surface area contributed by atoms with Crippen molar-refractivity contribution in [3.05, 3.63) is 0 Å². The predicted octanol–water partition coefficient (Wildman–Crippen LogP) is 2.13. The van der Waals surface area contributed by atoms with Crippen molar-refractivity contribution in [2.45, 2.75) is 64.1 Å². The quantitative estimate of drug-likeness (QED) is 0.821. The molecule has 0 aromatic carbocycles. The number of carboxylic acids is 1. The van der Waals surface area contributed by atoms with Gasteiger partial charge >= 0.3 is 5.97 Å². The van der Waals surface area contributed by atoms with Crippen LogP contribution in [0.2, 0.25) is 0 Å². The Balaban J connectivity index is 2.72. The maximum Gasteiger partial charge on any atom is 0.317 e. The third kappa shape index (κ3) is 4.28. The lowest BCUT2D eigenvalue weighted by molar-refractivity contribution is -0.141. The molecule has 0 bridgehead atoms. The summed E-state index contributed by atoms with van der Waals surface area (Å²) in [4.78, 5) is 13.1. The second-order valence-electron chi connectivity index (χ2n) is 5.87. The molecule has 1 aliphatic carbocycles. The van der Waals surface area contributed by atoms with E-state index < -0.39 is 5.97 Å². The van der Waals surface area contributed by atoms with E-state index in [0.29, 0.717) is 6.04 Å². The Labute approximate surface area is 104 Å². The number of aliphatic carboxylic acids is 1. The summed E-state index contributed by atoms with van der Waals surface area (Å²) >= 11 is 0. The molecule has 1 saturated carbocycles. The van der Waals surface area contributed by atoms with Gasteiger partial charge in [0.15, 0.2) is 0 Å². The molecular weight excluding hydrogens is 218 g/mol. The number of ether oxygens (including phenoxy) is 1. The SMILES string of the molecule is COC1CCCC(N(CC(=O)O)C(C)(C)C)C1. The molecule has 0 spiro atoms. The van der Waals surface area contributed by atoms with Gasteiger partial charge in [-0.2, -0.15) is 0 Å². The standard InChI is InChI=1S/C13H25NO3/c1-13(2,3)14(9-12(15)16)10-6-5-7-11(8-10)17-4/h10-11H,5-9H2,1-4H3,(H,15,16). The summed E-state index contributed by atoms with van der Waals surface area (Å²) in [5, 5.41) is 9.03. The highest BCUT2D eigenvalue weighted by atomic mass is 16.5. The Morgan fingerprint density at radius 3 is 2.53 bits per heavy atom. The van der Waals surface area contributed by atoms with Crippen LogP contribution in [0.5, 0.6) is 0 Å². The van der Waals surface area contributed by atoms with E-state index in [4.69, 9.17) is 9.84 Å². The number of nitrogens with zero attached hydrogens (tertiary/aromatic N) is 1. The molecule has 4 nitrogen and oxygen atoms in total. The summed E-state index contributed by atoms with van der Waals surface area (Å²) in [5.74, 6) is -0.750. The highest BCUT2D eigenvalue weighted by Crippen LogP contribution is 2.29. The Hall–Kier alpha value is -0.610. The summed E-state index contributed by atoms with van der Waals surface area (Å²) in [5.41, 5.74) is -0.112. The monoisotopic (exact) mass is 243 g/mol. The van der Waals surface area contributed by atoms with Crippen LogP contribution in [-0.2, 0) is 9.53 Å². The molecule has 0 heterocycles. The third-order valence-electron chi connectivity index (χ3n) is 3.54. The molecule has 1 aliphatic rings. The number of hydrogen-bond acceptors (Lipinski definition) is 3. The van der Waals surface area contributed by atoms with Crippen molar-refractivity contribution in [1.82, 2.24) is 4.90 Å². The zero-order valence-electron chi connectivity index (χ0n) is 11.4. The summed E-state index contributed by atoms with van der Waals surface area (Å²) < 4.78 is 5.42. The number of methoxy groups -OCH3 is 1. The van der Waals surface area contributed by atoms with Crippen LogP contribution in [0.25, 0.3) is 0 Å². The molecule has 0 aliphatic heterocycles. The van der Waals surface area contributed by atoms with E-state index in [1.54, 1.807) is 7.11 Å². The van der Waals surface area contributed by atoms with Crippen molar-refractivity contribution >= 4 is 5.97 Å². The first-order valence-electron chi connectivity index (χ1n) is 6.36. The lowest BCUT2D eigenvalue weighted by Crippen LogP contribution is -2.52. The van der Waals surface area contributed by atoms with Gasteiger partial charge in [-0.25, -0.2) is 0 Å². The molecule has 2 unspecified atom stereocenters. The molecule has 0 amide bonds. The van der Waals surface area contributed by atoms with Gasteiger partial charge in [0.25, 0.3) is 0 Å². The number of carbonyl (C=O) groups is 1. The molecule has 1 fully saturated rings. The zero-order chi connectivity index (χ0) is 13.1. The van der Waals surface area contributed by atoms with Crippen LogP contribution in [0.3, 0.4) is 0 Å². The van der Waals surface area contributed by atoms with Crippen LogP contribution in [0.4, 0.5) is 0 Å². The van der Waals surface area contributed by atoms with Gasteiger partial charge in [0.2, 0.25) is 0 Å². The number of hydrogen-bond donors (Lipinski definition) is 1. The molecule has 2 atom stereocenters. The Morgan fingerprint density at radius 2 is 2.06 bits per heavy atom. The zero-order valence-corrected chi connectivity index (χ0v) is 11.4. The van der Waals surface area contributed by atoms with Crippen LogP contribution >= 0.6 is 0 Å². The third-order valence-corrected chi connectivity index (χ3v) is 3.54. The van der Waals surface area contributed by atoms with Gasteiger partial charge in [0.1, 0.15) is 0 Å². The minimum absolute atomic E-state index is 0.112. The van der Waals surface area contributed by atoms with E-state index in [0.717, 1.165) is 25.7 Å². The molecule has 0 radical (unpaired) electrons. The number of carboxylic acid groups (broad SMARTS) is 1.